The molecular weight excluding hydrogens is 250 g/mol. The van der Waals surface area contributed by atoms with Crippen molar-refractivity contribution in [2.24, 2.45) is 5.92 Å². The second-order valence-corrected chi connectivity index (χ2v) is 6.10. The smallest absolute Gasteiger partial charge is 0.0658 e. The van der Waals surface area contributed by atoms with Crippen LogP contribution in [0.3, 0.4) is 0 Å². The van der Waals surface area contributed by atoms with Crippen molar-refractivity contribution >= 4 is 0 Å². The summed E-state index contributed by atoms with van der Waals surface area (Å²) in [5.41, 5.74) is 3.01. The molecule has 2 unspecified atom stereocenters. The number of morpholine rings is 1. The fourth-order valence-electron chi connectivity index (χ4n) is 3.49. The van der Waals surface area contributed by atoms with Crippen molar-refractivity contribution in [2.45, 2.75) is 25.0 Å². The summed E-state index contributed by atoms with van der Waals surface area (Å²) in [5.74, 6) is 0.678. The Hall–Kier alpha value is -1.16. The summed E-state index contributed by atoms with van der Waals surface area (Å²) in [6.07, 6.45) is 3.60. The van der Waals surface area contributed by atoms with Gasteiger partial charge in [0.1, 0.15) is 0 Å². The number of hydrogen-bond acceptors (Lipinski definition) is 3. The fourth-order valence-corrected chi connectivity index (χ4v) is 3.49. The van der Waals surface area contributed by atoms with Gasteiger partial charge in [0.05, 0.1) is 32.5 Å². The topological polar surface area (TPSA) is 21.7 Å². The Morgan fingerprint density at radius 2 is 1.80 bits per heavy atom. The van der Waals surface area contributed by atoms with Gasteiger partial charge in [-0.05, 0) is 12.0 Å². The molecule has 0 amide bonds. The number of nitrogens with zero attached hydrogens (tertiary/aromatic N) is 1. The third kappa shape index (κ3) is 2.30. The molecule has 0 aromatic heterocycles. The molecule has 2 saturated heterocycles. The standard InChI is InChI=1S/C17H21NO2/c1-2-4-13(5-3-1)8-18-16-6-14(15-9-19-10-15)7-17(18)12-20-11-16/h1-6,15-17H,7-12H2. The fraction of sp³-hybridized carbons (Fsp3) is 0.529. The Labute approximate surface area is 120 Å². The van der Waals surface area contributed by atoms with E-state index in [1.807, 2.05) is 0 Å². The summed E-state index contributed by atoms with van der Waals surface area (Å²) in [5, 5.41) is 0. The van der Waals surface area contributed by atoms with Gasteiger partial charge < -0.3 is 9.47 Å². The summed E-state index contributed by atoms with van der Waals surface area (Å²) in [6.45, 7) is 4.58. The maximum absolute atomic E-state index is 5.77. The first kappa shape index (κ1) is 12.6. The minimum atomic E-state index is 0.443. The zero-order valence-electron chi connectivity index (χ0n) is 11.7. The number of ether oxygens (including phenoxy) is 2. The highest BCUT2D eigenvalue weighted by Gasteiger charge is 2.37. The molecule has 3 heteroatoms. The van der Waals surface area contributed by atoms with Crippen LogP contribution in [0.1, 0.15) is 12.0 Å². The zero-order valence-corrected chi connectivity index (χ0v) is 11.7. The Balaban J connectivity index is 1.54. The van der Waals surface area contributed by atoms with Gasteiger partial charge in [0.15, 0.2) is 0 Å². The van der Waals surface area contributed by atoms with Crippen LogP contribution in [0.2, 0.25) is 0 Å². The average Bonchev–Trinajstić information content (AvgIpc) is 2.39. The lowest BCUT2D eigenvalue weighted by Crippen LogP contribution is -2.54. The third-order valence-electron chi connectivity index (χ3n) is 4.74. The molecule has 20 heavy (non-hydrogen) atoms. The molecule has 3 heterocycles. The van der Waals surface area contributed by atoms with Crippen molar-refractivity contribution in [1.29, 1.82) is 0 Å². The molecule has 106 valence electrons. The highest BCUT2D eigenvalue weighted by molar-refractivity contribution is 5.22. The molecule has 4 rings (SSSR count). The van der Waals surface area contributed by atoms with E-state index in [1.54, 1.807) is 5.57 Å². The quantitative estimate of drug-likeness (QED) is 0.787. The third-order valence-corrected chi connectivity index (χ3v) is 4.74. The number of fused-ring (bicyclic) bond motifs is 2. The van der Waals surface area contributed by atoms with Crippen molar-refractivity contribution in [3.8, 4) is 0 Å². The van der Waals surface area contributed by atoms with E-state index in [1.165, 1.54) is 5.56 Å². The van der Waals surface area contributed by atoms with Crippen molar-refractivity contribution in [3.05, 3.63) is 47.5 Å². The summed E-state index contributed by atoms with van der Waals surface area (Å²) >= 11 is 0. The number of rotatable bonds is 3. The van der Waals surface area contributed by atoms with Gasteiger partial charge in [0.2, 0.25) is 0 Å². The second-order valence-electron chi connectivity index (χ2n) is 6.10. The van der Waals surface area contributed by atoms with Gasteiger partial charge in [-0.15, -0.1) is 0 Å². The Bertz CT molecular complexity index is 495. The molecule has 2 fully saturated rings. The monoisotopic (exact) mass is 271 g/mol. The van der Waals surface area contributed by atoms with E-state index in [-0.39, 0.29) is 0 Å². The van der Waals surface area contributed by atoms with E-state index < -0.39 is 0 Å². The number of hydrogen-bond donors (Lipinski definition) is 0. The SMILES string of the molecule is C1=C(C2COC2)CC2COCC1N2Cc1ccccc1. The van der Waals surface area contributed by atoms with Crippen molar-refractivity contribution in [2.75, 3.05) is 26.4 Å². The predicted molar refractivity (Wildman–Crippen MR) is 77.4 cm³/mol. The van der Waals surface area contributed by atoms with Gasteiger partial charge in [0.25, 0.3) is 0 Å². The zero-order chi connectivity index (χ0) is 13.4. The molecule has 1 aromatic carbocycles. The highest BCUT2D eigenvalue weighted by Crippen LogP contribution is 2.34. The van der Waals surface area contributed by atoms with Crippen molar-refractivity contribution in [3.63, 3.8) is 0 Å². The van der Waals surface area contributed by atoms with Gasteiger partial charge in [-0.1, -0.05) is 42.0 Å². The second kappa shape index (κ2) is 5.32. The van der Waals surface area contributed by atoms with Crippen LogP contribution in [0.5, 0.6) is 0 Å². The van der Waals surface area contributed by atoms with Gasteiger partial charge >= 0.3 is 0 Å². The summed E-state index contributed by atoms with van der Waals surface area (Å²) in [7, 11) is 0. The van der Waals surface area contributed by atoms with Gasteiger partial charge in [0, 0.05) is 18.5 Å². The van der Waals surface area contributed by atoms with E-state index in [9.17, 15) is 0 Å². The average molecular weight is 271 g/mol. The van der Waals surface area contributed by atoms with E-state index >= 15 is 0 Å². The molecule has 2 atom stereocenters. The lowest BCUT2D eigenvalue weighted by atomic mass is 9.85. The van der Waals surface area contributed by atoms with Crippen LogP contribution in [0.25, 0.3) is 0 Å². The van der Waals surface area contributed by atoms with Crippen molar-refractivity contribution < 1.29 is 9.47 Å². The molecule has 0 aliphatic carbocycles. The van der Waals surface area contributed by atoms with E-state index in [2.05, 4.69) is 41.3 Å². The van der Waals surface area contributed by atoms with E-state index in [0.717, 1.165) is 39.4 Å². The molecule has 2 bridgehead atoms. The Kier molecular flexibility index (Phi) is 3.34. The first-order valence-corrected chi connectivity index (χ1v) is 7.56. The molecular formula is C17H21NO2. The van der Waals surface area contributed by atoms with Gasteiger partial charge in [-0.2, -0.15) is 0 Å². The van der Waals surface area contributed by atoms with Crippen LogP contribution >= 0.6 is 0 Å². The first-order valence-electron chi connectivity index (χ1n) is 7.56. The molecule has 3 nitrogen and oxygen atoms in total. The van der Waals surface area contributed by atoms with E-state index in [0.29, 0.717) is 18.0 Å². The molecule has 0 N–H and O–H groups in total. The lowest BCUT2D eigenvalue weighted by Gasteiger charge is -2.46. The summed E-state index contributed by atoms with van der Waals surface area (Å²) < 4.78 is 11.1. The van der Waals surface area contributed by atoms with Gasteiger partial charge in [-0.25, -0.2) is 0 Å². The lowest BCUT2D eigenvalue weighted by molar-refractivity contribution is -0.0566. The minimum Gasteiger partial charge on any atom is -0.380 e. The van der Waals surface area contributed by atoms with E-state index in [4.69, 9.17) is 9.47 Å². The molecule has 0 radical (unpaired) electrons. The Morgan fingerprint density at radius 1 is 1.00 bits per heavy atom. The first-order chi connectivity index (χ1) is 9.90. The maximum atomic E-state index is 5.77. The van der Waals surface area contributed by atoms with Crippen LogP contribution in [0.15, 0.2) is 42.0 Å². The Morgan fingerprint density at radius 3 is 2.50 bits per heavy atom. The summed E-state index contributed by atoms with van der Waals surface area (Å²) in [6, 6.07) is 11.7. The van der Waals surface area contributed by atoms with Crippen LogP contribution in [0.4, 0.5) is 0 Å². The largest absolute Gasteiger partial charge is 0.380 e. The molecule has 3 aliphatic rings. The minimum absolute atomic E-state index is 0.443. The maximum Gasteiger partial charge on any atom is 0.0658 e. The molecule has 0 saturated carbocycles. The normalized spacial score (nSPS) is 30.7. The van der Waals surface area contributed by atoms with Crippen LogP contribution in [-0.2, 0) is 16.0 Å². The molecule has 0 spiro atoms. The number of benzene rings is 1. The predicted octanol–water partition coefficient (Wildman–Crippen LogP) is 2.23. The van der Waals surface area contributed by atoms with Crippen LogP contribution in [-0.4, -0.2) is 43.4 Å². The van der Waals surface area contributed by atoms with Crippen LogP contribution < -0.4 is 0 Å². The van der Waals surface area contributed by atoms with Crippen molar-refractivity contribution in [1.82, 2.24) is 4.90 Å². The molecule has 3 aliphatic heterocycles. The highest BCUT2D eigenvalue weighted by atomic mass is 16.5. The van der Waals surface area contributed by atoms with Gasteiger partial charge in [-0.3, -0.25) is 4.90 Å². The molecule has 1 aromatic rings. The summed E-state index contributed by atoms with van der Waals surface area (Å²) in [4.78, 5) is 2.61. The van der Waals surface area contributed by atoms with Crippen LogP contribution in [0, 0.1) is 5.92 Å².